The third-order valence-electron chi connectivity index (χ3n) is 3.63. The smallest absolute Gasteiger partial charge is 0.262 e. The van der Waals surface area contributed by atoms with Crippen LogP contribution in [0.15, 0.2) is 35.5 Å². The van der Waals surface area contributed by atoms with Gasteiger partial charge in [0.2, 0.25) is 5.82 Å². The monoisotopic (exact) mass is 421 g/mol. The van der Waals surface area contributed by atoms with Gasteiger partial charge in [0, 0.05) is 6.20 Å². The number of aromatic nitrogens is 2. The number of hydrogen-bond donors (Lipinski definition) is 1. The highest BCUT2D eigenvalue weighted by Crippen LogP contribution is 2.29. The van der Waals surface area contributed by atoms with Crippen molar-refractivity contribution in [1.82, 2.24) is 9.78 Å². The van der Waals surface area contributed by atoms with Crippen molar-refractivity contribution < 1.29 is 34.8 Å². The van der Waals surface area contributed by atoms with Gasteiger partial charge in [0.1, 0.15) is 17.2 Å². The fourth-order valence-electron chi connectivity index (χ4n) is 2.27. The lowest BCUT2D eigenvalue weighted by Gasteiger charge is -2.12. The lowest BCUT2D eigenvalue weighted by Crippen LogP contribution is -2.18. The minimum atomic E-state index is -4.88. The third kappa shape index (κ3) is 3.30. The molecule has 0 aliphatic heterocycles. The summed E-state index contributed by atoms with van der Waals surface area (Å²) >= 11 is 0. The fraction of sp³-hybridized carbons (Fsp3) is 0.0625. The van der Waals surface area contributed by atoms with Crippen LogP contribution in [0.2, 0.25) is 0 Å². The summed E-state index contributed by atoms with van der Waals surface area (Å²) in [5.74, 6) is -12.9. The number of nitrogens with zero attached hydrogens (tertiary/aromatic N) is 2. The van der Waals surface area contributed by atoms with Crippen LogP contribution in [0.1, 0.15) is 5.56 Å². The molecule has 1 aromatic heterocycles. The number of rotatable bonds is 4. The van der Waals surface area contributed by atoms with Crippen LogP contribution < -0.4 is 4.72 Å². The van der Waals surface area contributed by atoms with E-state index >= 15 is 0 Å². The lowest BCUT2D eigenvalue weighted by molar-refractivity contribution is 0.382. The average Bonchev–Trinajstić information content (AvgIpc) is 3.08. The number of nitrogens with one attached hydrogen (secondary N) is 1. The highest BCUT2D eigenvalue weighted by molar-refractivity contribution is 7.92. The maximum atomic E-state index is 14.3. The molecule has 148 valence electrons. The van der Waals surface area contributed by atoms with Crippen molar-refractivity contribution in [3.63, 3.8) is 0 Å². The molecule has 12 heteroatoms. The molecule has 0 aliphatic rings. The van der Waals surface area contributed by atoms with Crippen LogP contribution in [-0.2, 0) is 10.0 Å². The van der Waals surface area contributed by atoms with Gasteiger partial charge in [-0.15, -0.1) is 0 Å². The SMILES string of the molecule is Cc1cnn(-c2ccc(S(=O)(=O)Nc3c(F)c(F)c(F)c(F)c3F)cc2F)c1. The molecule has 28 heavy (non-hydrogen) atoms. The van der Waals surface area contributed by atoms with E-state index < -0.39 is 55.5 Å². The van der Waals surface area contributed by atoms with Crippen molar-refractivity contribution in [2.45, 2.75) is 11.8 Å². The van der Waals surface area contributed by atoms with E-state index in [1.165, 1.54) is 17.1 Å². The van der Waals surface area contributed by atoms with E-state index in [4.69, 9.17) is 0 Å². The molecule has 0 radical (unpaired) electrons. The molecule has 3 aromatic rings. The van der Waals surface area contributed by atoms with Crippen LogP contribution in [0.4, 0.5) is 32.0 Å². The van der Waals surface area contributed by atoms with Gasteiger partial charge in [-0.05, 0) is 30.7 Å². The van der Waals surface area contributed by atoms with Crippen LogP contribution in [0.3, 0.4) is 0 Å². The van der Waals surface area contributed by atoms with Gasteiger partial charge in [-0.25, -0.2) is 39.4 Å². The Labute approximate surface area is 154 Å². The zero-order valence-corrected chi connectivity index (χ0v) is 14.6. The van der Waals surface area contributed by atoms with E-state index in [0.717, 1.165) is 16.8 Å². The molecule has 0 unspecified atom stereocenters. The van der Waals surface area contributed by atoms with Crippen LogP contribution in [0.5, 0.6) is 0 Å². The number of aryl methyl sites for hydroxylation is 1. The maximum absolute atomic E-state index is 14.3. The van der Waals surface area contributed by atoms with Gasteiger partial charge in [-0.2, -0.15) is 5.10 Å². The van der Waals surface area contributed by atoms with E-state index in [0.29, 0.717) is 11.6 Å². The Morgan fingerprint density at radius 1 is 0.929 bits per heavy atom. The first-order valence-electron chi connectivity index (χ1n) is 7.38. The second-order valence-electron chi connectivity index (χ2n) is 5.63. The Morgan fingerprint density at radius 2 is 1.50 bits per heavy atom. The Kier molecular flexibility index (Phi) is 4.83. The van der Waals surface area contributed by atoms with Crippen molar-refractivity contribution in [2.75, 3.05) is 4.72 Å². The molecule has 0 aliphatic carbocycles. The molecule has 5 nitrogen and oxygen atoms in total. The fourth-order valence-corrected chi connectivity index (χ4v) is 3.34. The first-order valence-corrected chi connectivity index (χ1v) is 8.86. The third-order valence-corrected chi connectivity index (χ3v) is 4.98. The molecule has 0 saturated carbocycles. The van der Waals surface area contributed by atoms with Crippen molar-refractivity contribution in [3.05, 3.63) is 71.1 Å². The quantitative estimate of drug-likeness (QED) is 0.396. The van der Waals surface area contributed by atoms with Gasteiger partial charge in [0.05, 0.1) is 11.1 Å². The predicted octanol–water partition coefficient (Wildman–Crippen LogP) is 3.82. The van der Waals surface area contributed by atoms with Crippen molar-refractivity contribution in [2.24, 2.45) is 0 Å². The number of hydrogen-bond acceptors (Lipinski definition) is 3. The van der Waals surface area contributed by atoms with Crippen molar-refractivity contribution in [3.8, 4) is 5.69 Å². The minimum Gasteiger partial charge on any atom is -0.274 e. The Hall–Kier alpha value is -3.02. The van der Waals surface area contributed by atoms with E-state index in [2.05, 4.69) is 5.10 Å². The molecule has 0 bridgehead atoms. The number of benzene rings is 2. The zero-order valence-electron chi connectivity index (χ0n) is 13.8. The Morgan fingerprint density at radius 3 is 2.00 bits per heavy atom. The number of anilines is 1. The molecule has 0 fully saturated rings. The zero-order chi connectivity index (χ0) is 20.8. The summed E-state index contributed by atoms with van der Waals surface area (Å²) in [7, 11) is -4.88. The molecule has 0 spiro atoms. The first kappa shape index (κ1) is 19.7. The first-order chi connectivity index (χ1) is 13.0. The Balaban J connectivity index is 2.02. The predicted molar refractivity (Wildman–Crippen MR) is 85.3 cm³/mol. The van der Waals surface area contributed by atoms with Gasteiger partial charge < -0.3 is 0 Å². The van der Waals surface area contributed by atoms with E-state index in [-0.39, 0.29) is 5.69 Å². The van der Waals surface area contributed by atoms with Gasteiger partial charge in [-0.3, -0.25) is 4.72 Å². The molecule has 0 saturated heterocycles. The average molecular weight is 421 g/mol. The summed E-state index contributed by atoms with van der Waals surface area (Å²) in [5.41, 5.74) is -1.20. The van der Waals surface area contributed by atoms with Gasteiger partial charge in [0.25, 0.3) is 10.0 Å². The molecule has 1 heterocycles. The number of sulfonamides is 1. The normalized spacial score (nSPS) is 11.7. The van der Waals surface area contributed by atoms with Gasteiger partial charge in [-0.1, -0.05) is 0 Å². The van der Waals surface area contributed by atoms with Gasteiger partial charge in [0.15, 0.2) is 23.3 Å². The highest BCUT2D eigenvalue weighted by Gasteiger charge is 2.29. The molecule has 3 rings (SSSR count). The highest BCUT2D eigenvalue weighted by atomic mass is 32.2. The molecular weight excluding hydrogens is 412 g/mol. The summed E-state index contributed by atoms with van der Waals surface area (Å²) in [6.45, 7) is 1.69. The van der Waals surface area contributed by atoms with Crippen LogP contribution in [0.25, 0.3) is 5.69 Å². The molecule has 2 aromatic carbocycles. The summed E-state index contributed by atoms with van der Waals surface area (Å²) in [4.78, 5) is -0.804. The second kappa shape index (κ2) is 6.86. The minimum absolute atomic E-state index is 0.122. The largest absolute Gasteiger partial charge is 0.274 e. The van der Waals surface area contributed by atoms with Crippen LogP contribution in [0, 0.1) is 41.8 Å². The molecule has 1 N–H and O–H groups in total. The summed E-state index contributed by atoms with van der Waals surface area (Å²) < 4.78 is 108. The standard InChI is InChI=1S/C16H9F6N3O2S/c1-7-5-23-25(6-7)10-3-2-8(4-9(10)17)28(26,27)24-16-14(21)12(19)11(18)13(20)15(16)22/h2-6,24H,1H3. The summed E-state index contributed by atoms with van der Waals surface area (Å²) in [6.07, 6.45) is 2.88. The summed E-state index contributed by atoms with van der Waals surface area (Å²) in [6, 6.07) is 2.42. The van der Waals surface area contributed by atoms with Crippen LogP contribution >= 0.6 is 0 Å². The summed E-state index contributed by atoms with van der Waals surface area (Å²) in [5, 5.41) is 3.85. The van der Waals surface area contributed by atoms with Gasteiger partial charge >= 0.3 is 0 Å². The number of halogens is 6. The Bertz CT molecular complexity index is 1160. The van der Waals surface area contributed by atoms with E-state index in [1.807, 2.05) is 0 Å². The van der Waals surface area contributed by atoms with Crippen molar-refractivity contribution in [1.29, 1.82) is 0 Å². The molecule has 0 amide bonds. The molecular formula is C16H9F6N3O2S. The van der Waals surface area contributed by atoms with Crippen molar-refractivity contribution >= 4 is 15.7 Å². The second-order valence-corrected chi connectivity index (χ2v) is 7.31. The molecule has 0 atom stereocenters. The van der Waals surface area contributed by atoms with E-state index in [9.17, 15) is 34.8 Å². The lowest BCUT2D eigenvalue weighted by atomic mass is 10.2. The van der Waals surface area contributed by atoms with Crippen LogP contribution in [-0.4, -0.2) is 18.2 Å². The topological polar surface area (TPSA) is 64.0 Å². The van der Waals surface area contributed by atoms with E-state index in [1.54, 1.807) is 6.92 Å². The maximum Gasteiger partial charge on any atom is 0.262 e.